The lowest BCUT2D eigenvalue weighted by atomic mass is 10.3. The predicted octanol–water partition coefficient (Wildman–Crippen LogP) is 2.20. The molecule has 1 N–H and O–H groups in total. The molecule has 1 aliphatic rings. The van der Waals surface area contributed by atoms with Crippen LogP contribution in [0.2, 0.25) is 0 Å². The molecule has 6 heteroatoms. The molecule has 0 saturated carbocycles. The van der Waals surface area contributed by atoms with Crippen LogP contribution in [0.15, 0.2) is 29.4 Å². The fraction of sp³-hybridized carbons (Fsp3) is 0.600. The molecule has 0 unspecified atom stereocenters. The molecule has 1 aliphatic heterocycles. The van der Waals surface area contributed by atoms with E-state index in [-0.39, 0.29) is 24.0 Å². The van der Waals surface area contributed by atoms with Gasteiger partial charge in [0, 0.05) is 45.5 Å². The third kappa shape index (κ3) is 5.33. The van der Waals surface area contributed by atoms with Crippen molar-refractivity contribution in [1.29, 1.82) is 0 Å². The normalized spacial score (nSPS) is 15.6. The van der Waals surface area contributed by atoms with Gasteiger partial charge in [-0.15, -0.1) is 24.0 Å². The standard InChI is InChI=1S/C15H25N5.HI/c1-3-8-18-15(16-4-2)20-12-10-19(11-13-20)14-7-5-6-9-17-14;/h5-7,9H,3-4,8,10-13H2,1-2H3,(H,16,18);1H. The van der Waals surface area contributed by atoms with Crippen LogP contribution >= 0.6 is 24.0 Å². The van der Waals surface area contributed by atoms with Gasteiger partial charge in [0.1, 0.15) is 5.82 Å². The highest BCUT2D eigenvalue weighted by Crippen LogP contribution is 2.12. The maximum atomic E-state index is 4.65. The number of nitrogens with zero attached hydrogens (tertiary/aromatic N) is 4. The van der Waals surface area contributed by atoms with Crippen LogP contribution in [0.25, 0.3) is 0 Å². The fourth-order valence-electron chi connectivity index (χ4n) is 2.33. The Morgan fingerprint density at radius 3 is 2.57 bits per heavy atom. The Hall–Kier alpha value is -1.05. The Balaban J connectivity index is 0.00000220. The topological polar surface area (TPSA) is 43.8 Å². The molecule has 0 aromatic carbocycles. The second-order valence-corrected chi connectivity index (χ2v) is 4.90. The summed E-state index contributed by atoms with van der Waals surface area (Å²) >= 11 is 0. The lowest BCUT2D eigenvalue weighted by molar-refractivity contribution is 0.371. The number of anilines is 1. The molecule has 0 atom stereocenters. The lowest BCUT2D eigenvalue weighted by Gasteiger charge is -2.37. The molecule has 2 heterocycles. The van der Waals surface area contributed by atoms with E-state index in [0.717, 1.165) is 57.5 Å². The van der Waals surface area contributed by atoms with E-state index < -0.39 is 0 Å². The summed E-state index contributed by atoms with van der Waals surface area (Å²) in [6, 6.07) is 6.08. The minimum absolute atomic E-state index is 0. The van der Waals surface area contributed by atoms with E-state index in [9.17, 15) is 0 Å². The van der Waals surface area contributed by atoms with Crippen LogP contribution in [0, 0.1) is 0 Å². The lowest BCUT2D eigenvalue weighted by Crippen LogP contribution is -2.52. The molecule has 1 aromatic rings. The first kappa shape index (κ1) is 18.0. The SMILES string of the molecule is CCCN=C(NCC)N1CCN(c2ccccn2)CC1.I. The largest absolute Gasteiger partial charge is 0.357 e. The Bertz CT molecular complexity index is 415. The summed E-state index contributed by atoms with van der Waals surface area (Å²) < 4.78 is 0. The van der Waals surface area contributed by atoms with Crippen molar-refractivity contribution < 1.29 is 0 Å². The van der Waals surface area contributed by atoms with E-state index in [1.165, 1.54) is 0 Å². The van der Waals surface area contributed by atoms with Gasteiger partial charge in [-0.25, -0.2) is 4.98 Å². The highest BCUT2D eigenvalue weighted by Gasteiger charge is 2.19. The molecule has 21 heavy (non-hydrogen) atoms. The predicted molar refractivity (Wildman–Crippen MR) is 99.7 cm³/mol. The van der Waals surface area contributed by atoms with Gasteiger partial charge in [-0.2, -0.15) is 0 Å². The Morgan fingerprint density at radius 2 is 2.00 bits per heavy atom. The molecule has 5 nitrogen and oxygen atoms in total. The number of pyridine rings is 1. The van der Waals surface area contributed by atoms with Gasteiger partial charge < -0.3 is 15.1 Å². The number of rotatable bonds is 4. The van der Waals surface area contributed by atoms with Gasteiger partial charge in [0.05, 0.1) is 0 Å². The maximum Gasteiger partial charge on any atom is 0.194 e. The maximum absolute atomic E-state index is 4.65. The van der Waals surface area contributed by atoms with E-state index in [1.54, 1.807) is 0 Å². The van der Waals surface area contributed by atoms with Gasteiger partial charge in [0.2, 0.25) is 0 Å². The number of hydrogen-bond donors (Lipinski definition) is 1. The third-order valence-corrected chi connectivity index (χ3v) is 3.37. The fourth-order valence-corrected chi connectivity index (χ4v) is 2.33. The zero-order valence-electron chi connectivity index (χ0n) is 13.0. The first-order valence-electron chi connectivity index (χ1n) is 7.54. The van der Waals surface area contributed by atoms with Gasteiger partial charge in [-0.3, -0.25) is 4.99 Å². The van der Waals surface area contributed by atoms with Crippen LogP contribution in [0.4, 0.5) is 5.82 Å². The van der Waals surface area contributed by atoms with Crippen molar-refractivity contribution in [2.45, 2.75) is 20.3 Å². The van der Waals surface area contributed by atoms with Crippen molar-refractivity contribution in [3.8, 4) is 0 Å². The number of nitrogens with one attached hydrogen (secondary N) is 1. The van der Waals surface area contributed by atoms with Crippen LogP contribution in [0.1, 0.15) is 20.3 Å². The van der Waals surface area contributed by atoms with Crippen molar-refractivity contribution in [2.24, 2.45) is 4.99 Å². The van der Waals surface area contributed by atoms with Gasteiger partial charge in [0.15, 0.2) is 5.96 Å². The molecule has 0 radical (unpaired) electrons. The summed E-state index contributed by atoms with van der Waals surface area (Å²) in [6.07, 6.45) is 2.94. The smallest absolute Gasteiger partial charge is 0.194 e. The van der Waals surface area contributed by atoms with Crippen molar-refractivity contribution in [2.75, 3.05) is 44.2 Å². The minimum atomic E-state index is 0. The molecule has 1 saturated heterocycles. The molecule has 1 fully saturated rings. The van der Waals surface area contributed by atoms with Crippen molar-refractivity contribution in [3.63, 3.8) is 0 Å². The second-order valence-electron chi connectivity index (χ2n) is 4.90. The van der Waals surface area contributed by atoms with Gasteiger partial charge in [-0.05, 0) is 25.5 Å². The van der Waals surface area contributed by atoms with Crippen LogP contribution in [0.3, 0.4) is 0 Å². The molecule has 0 amide bonds. The van der Waals surface area contributed by atoms with E-state index in [1.807, 2.05) is 18.3 Å². The Kier molecular flexibility index (Phi) is 8.41. The van der Waals surface area contributed by atoms with Crippen LogP contribution in [-0.2, 0) is 0 Å². The first-order chi connectivity index (χ1) is 9.85. The van der Waals surface area contributed by atoms with Crippen molar-refractivity contribution in [1.82, 2.24) is 15.2 Å². The van der Waals surface area contributed by atoms with Gasteiger partial charge in [0.25, 0.3) is 0 Å². The molecule has 1 aromatic heterocycles. The number of aliphatic imine (C=N–C) groups is 1. The number of hydrogen-bond acceptors (Lipinski definition) is 3. The summed E-state index contributed by atoms with van der Waals surface area (Å²) in [5.41, 5.74) is 0. The molecule has 0 aliphatic carbocycles. The number of guanidine groups is 1. The number of aromatic nitrogens is 1. The number of piperazine rings is 1. The summed E-state index contributed by atoms with van der Waals surface area (Å²) in [7, 11) is 0. The number of halogens is 1. The zero-order chi connectivity index (χ0) is 14.2. The van der Waals surface area contributed by atoms with Gasteiger partial charge >= 0.3 is 0 Å². The zero-order valence-corrected chi connectivity index (χ0v) is 15.3. The summed E-state index contributed by atoms with van der Waals surface area (Å²) in [4.78, 5) is 13.7. The first-order valence-corrected chi connectivity index (χ1v) is 7.54. The molecular formula is C15H26IN5. The van der Waals surface area contributed by atoms with E-state index in [2.05, 4.69) is 45.0 Å². The summed E-state index contributed by atoms with van der Waals surface area (Å²) in [5, 5.41) is 3.38. The van der Waals surface area contributed by atoms with Crippen LogP contribution < -0.4 is 10.2 Å². The Morgan fingerprint density at radius 1 is 1.24 bits per heavy atom. The summed E-state index contributed by atoms with van der Waals surface area (Å²) in [6.45, 7) is 10.1. The monoisotopic (exact) mass is 403 g/mol. The highest BCUT2D eigenvalue weighted by molar-refractivity contribution is 14.0. The van der Waals surface area contributed by atoms with Gasteiger partial charge in [-0.1, -0.05) is 13.0 Å². The van der Waals surface area contributed by atoms with E-state index >= 15 is 0 Å². The van der Waals surface area contributed by atoms with E-state index in [0.29, 0.717) is 0 Å². The molecule has 2 rings (SSSR count). The van der Waals surface area contributed by atoms with Crippen LogP contribution in [-0.4, -0.2) is 55.1 Å². The van der Waals surface area contributed by atoms with Crippen molar-refractivity contribution >= 4 is 35.8 Å². The third-order valence-electron chi connectivity index (χ3n) is 3.37. The Labute approximate surface area is 144 Å². The highest BCUT2D eigenvalue weighted by atomic mass is 127. The van der Waals surface area contributed by atoms with Crippen molar-refractivity contribution in [3.05, 3.63) is 24.4 Å². The molecule has 0 spiro atoms. The molecule has 118 valence electrons. The average Bonchev–Trinajstić information content (AvgIpc) is 2.52. The molecule has 0 bridgehead atoms. The second kappa shape index (κ2) is 9.81. The molecular weight excluding hydrogens is 377 g/mol. The van der Waals surface area contributed by atoms with Crippen LogP contribution in [0.5, 0.6) is 0 Å². The van der Waals surface area contributed by atoms with E-state index in [4.69, 9.17) is 0 Å². The quantitative estimate of drug-likeness (QED) is 0.476. The summed E-state index contributed by atoms with van der Waals surface area (Å²) in [5.74, 6) is 2.12. The average molecular weight is 403 g/mol. The minimum Gasteiger partial charge on any atom is -0.357 e.